The summed E-state index contributed by atoms with van der Waals surface area (Å²) in [7, 11) is 0. The number of nitrogens with one attached hydrogen (secondary N) is 1. The minimum absolute atomic E-state index is 0.0250. The van der Waals surface area contributed by atoms with Crippen LogP contribution in [0.2, 0.25) is 0 Å². The molecule has 0 radical (unpaired) electrons. The first-order valence-corrected chi connectivity index (χ1v) is 7.00. The van der Waals surface area contributed by atoms with Crippen molar-refractivity contribution in [1.82, 2.24) is 5.32 Å². The molecular weight excluding hydrogens is 256 g/mol. The molecule has 0 atom stereocenters. The molecule has 1 aromatic carbocycles. The number of aryl methyl sites for hydroxylation is 2. The summed E-state index contributed by atoms with van der Waals surface area (Å²) in [4.78, 5) is 14.0. The van der Waals surface area contributed by atoms with Gasteiger partial charge in [-0.25, -0.2) is 0 Å². The highest BCUT2D eigenvalue weighted by atomic mass is 32.1. The lowest BCUT2D eigenvalue weighted by atomic mass is 10.1. The number of benzene rings is 1. The van der Waals surface area contributed by atoms with Gasteiger partial charge in [0, 0.05) is 17.1 Å². The maximum Gasteiger partial charge on any atom is 0.261 e. The maximum absolute atomic E-state index is 12.0. The number of carbonyl (C=O) groups excluding carboxylic acids is 1. The fourth-order valence-electron chi connectivity index (χ4n) is 1.84. The SMILES string of the molecule is Cc1cc(C(=O)NCc2cccc(N)c2C)sc1C. The molecule has 4 heteroatoms. The molecule has 0 aliphatic carbocycles. The average molecular weight is 274 g/mol. The van der Waals surface area contributed by atoms with E-state index in [4.69, 9.17) is 5.73 Å². The molecule has 0 unspecified atom stereocenters. The molecule has 3 N–H and O–H groups in total. The Hall–Kier alpha value is -1.81. The third kappa shape index (κ3) is 2.96. The first-order chi connectivity index (χ1) is 8.99. The molecule has 0 saturated heterocycles. The number of nitrogen functional groups attached to an aromatic ring is 1. The van der Waals surface area contributed by atoms with E-state index in [1.54, 1.807) is 0 Å². The van der Waals surface area contributed by atoms with E-state index in [9.17, 15) is 4.79 Å². The molecule has 1 amide bonds. The Balaban J connectivity index is 2.06. The molecule has 0 saturated carbocycles. The minimum Gasteiger partial charge on any atom is -0.399 e. The summed E-state index contributed by atoms with van der Waals surface area (Å²) in [6.45, 7) is 6.52. The molecule has 0 spiro atoms. The lowest BCUT2D eigenvalue weighted by Gasteiger charge is -2.09. The number of thiophene rings is 1. The third-order valence-electron chi connectivity index (χ3n) is 3.32. The van der Waals surface area contributed by atoms with Gasteiger partial charge in [0.25, 0.3) is 5.91 Å². The quantitative estimate of drug-likeness (QED) is 0.845. The zero-order valence-electron chi connectivity index (χ0n) is 11.4. The predicted octanol–water partition coefficient (Wildman–Crippen LogP) is 3.19. The van der Waals surface area contributed by atoms with E-state index in [1.807, 2.05) is 45.0 Å². The lowest BCUT2D eigenvalue weighted by Crippen LogP contribution is -2.22. The fourth-order valence-corrected chi connectivity index (χ4v) is 2.79. The van der Waals surface area contributed by atoms with Gasteiger partial charge in [-0.2, -0.15) is 0 Å². The average Bonchev–Trinajstić information content (AvgIpc) is 2.71. The summed E-state index contributed by atoms with van der Waals surface area (Å²) in [5, 5.41) is 2.94. The summed E-state index contributed by atoms with van der Waals surface area (Å²) in [5.41, 5.74) is 9.85. The van der Waals surface area contributed by atoms with Crippen molar-refractivity contribution in [3.63, 3.8) is 0 Å². The lowest BCUT2D eigenvalue weighted by molar-refractivity contribution is 0.0955. The van der Waals surface area contributed by atoms with Gasteiger partial charge in [-0.1, -0.05) is 12.1 Å². The monoisotopic (exact) mass is 274 g/mol. The van der Waals surface area contributed by atoms with Gasteiger partial charge in [0.1, 0.15) is 0 Å². The summed E-state index contributed by atoms with van der Waals surface area (Å²) in [5.74, 6) is -0.0250. The molecule has 2 aromatic rings. The first kappa shape index (κ1) is 13.6. The summed E-state index contributed by atoms with van der Waals surface area (Å²) in [6, 6.07) is 7.69. The smallest absolute Gasteiger partial charge is 0.261 e. The van der Waals surface area contributed by atoms with Crippen LogP contribution in [0, 0.1) is 20.8 Å². The Kier molecular flexibility index (Phi) is 3.90. The number of rotatable bonds is 3. The number of hydrogen-bond acceptors (Lipinski definition) is 3. The zero-order chi connectivity index (χ0) is 14.0. The molecular formula is C15H18N2OS. The van der Waals surface area contributed by atoms with Gasteiger partial charge in [0.15, 0.2) is 0 Å². The van der Waals surface area contributed by atoms with Crippen molar-refractivity contribution in [3.8, 4) is 0 Å². The van der Waals surface area contributed by atoms with Crippen LogP contribution < -0.4 is 11.1 Å². The molecule has 2 rings (SSSR count). The first-order valence-electron chi connectivity index (χ1n) is 6.18. The van der Waals surface area contributed by atoms with Gasteiger partial charge in [0.05, 0.1) is 4.88 Å². The number of amides is 1. The highest BCUT2D eigenvalue weighted by Crippen LogP contribution is 2.21. The molecule has 0 aliphatic rings. The number of hydrogen-bond donors (Lipinski definition) is 2. The molecule has 1 aromatic heterocycles. The van der Waals surface area contributed by atoms with Gasteiger partial charge in [-0.15, -0.1) is 11.3 Å². The normalized spacial score (nSPS) is 10.5. The van der Waals surface area contributed by atoms with Gasteiger partial charge < -0.3 is 11.1 Å². The van der Waals surface area contributed by atoms with Crippen molar-refractivity contribution in [1.29, 1.82) is 0 Å². The fraction of sp³-hybridized carbons (Fsp3) is 0.267. The number of nitrogens with two attached hydrogens (primary N) is 1. The molecule has 1 heterocycles. The van der Waals surface area contributed by atoms with Crippen LogP contribution in [0.25, 0.3) is 0 Å². The second-order valence-electron chi connectivity index (χ2n) is 4.66. The van der Waals surface area contributed by atoms with Crippen molar-refractivity contribution in [2.75, 3.05) is 5.73 Å². The second kappa shape index (κ2) is 5.45. The Labute approximate surface area is 117 Å². The van der Waals surface area contributed by atoms with Crippen LogP contribution in [0.1, 0.15) is 31.2 Å². The maximum atomic E-state index is 12.0. The Morgan fingerprint density at radius 3 is 2.68 bits per heavy atom. The minimum atomic E-state index is -0.0250. The molecule has 19 heavy (non-hydrogen) atoms. The highest BCUT2D eigenvalue weighted by molar-refractivity contribution is 7.14. The zero-order valence-corrected chi connectivity index (χ0v) is 12.2. The number of carbonyl (C=O) groups is 1. The van der Waals surface area contributed by atoms with Crippen molar-refractivity contribution in [2.24, 2.45) is 0 Å². The third-order valence-corrected chi connectivity index (χ3v) is 4.47. The van der Waals surface area contributed by atoms with Gasteiger partial charge >= 0.3 is 0 Å². The topological polar surface area (TPSA) is 55.1 Å². The standard InChI is InChI=1S/C15H18N2OS/c1-9-7-14(19-11(9)3)15(18)17-8-12-5-4-6-13(16)10(12)2/h4-7H,8,16H2,1-3H3,(H,17,18). The Morgan fingerprint density at radius 1 is 1.32 bits per heavy atom. The Morgan fingerprint density at radius 2 is 2.05 bits per heavy atom. The van der Waals surface area contributed by atoms with E-state index in [1.165, 1.54) is 16.2 Å². The van der Waals surface area contributed by atoms with Gasteiger partial charge in [0.2, 0.25) is 0 Å². The van der Waals surface area contributed by atoms with E-state index < -0.39 is 0 Å². The van der Waals surface area contributed by atoms with Crippen LogP contribution >= 0.6 is 11.3 Å². The second-order valence-corrected chi connectivity index (χ2v) is 5.92. The van der Waals surface area contributed by atoms with E-state index >= 15 is 0 Å². The Bertz CT molecular complexity index is 597. The molecule has 0 fully saturated rings. The molecule has 0 bridgehead atoms. The van der Waals surface area contributed by atoms with Crippen LogP contribution in [0.5, 0.6) is 0 Å². The molecule has 0 aliphatic heterocycles. The predicted molar refractivity (Wildman–Crippen MR) is 80.6 cm³/mol. The van der Waals surface area contributed by atoms with Crippen LogP contribution in [0.4, 0.5) is 5.69 Å². The highest BCUT2D eigenvalue weighted by Gasteiger charge is 2.10. The number of anilines is 1. The van der Waals surface area contributed by atoms with Crippen molar-refractivity contribution >= 4 is 22.9 Å². The van der Waals surface area contributed by atoms with E-state index in [2.05, 4.69) is 5.32 Å². The van der Waals surface area contributed by atoms with Gasteiger partial charge in [-0.05, 0) is 49.6 Å². The summed E-state index contributed by atoms with van der Waals surface area (Å²) < 4.78 is 0. The van der Waals surface area contributed by atoms with Crippen LogP contribution in [0.15, 0.2) is 24.3 Å². The summed E-state index contributed by atoms with van der Waals surface area (Å²) in [6.07, 6.45) is 0. The van der Waals surface area contributed by atoms with Crippen LogP contribution in [-0.4, -0.2) is 5.91 Å². The summed E-state index contributed by atoms with van der Waals surface area (Å²) >= 11 is 1.53. The van der Waals surface area contributed by atoms with Crippen LogP contribution in [0.3, 0.4) is 0 Å². The largest absolute Gasteiger partial charge is 0.399 e. The van der Waals surface area contributed by atoms with Crippen molar-refractivity contribution in [2.45, 2.75) is 27.3 Å². The van der Waals surface area contributed by atoms with E-state index in [0.29, 0.717) is 6.54 Å². The van der Waals surface area contributed by atoms with Crippen molar-refractivity contribution < 1.29 is 4.79 Å². The van der Waals surface area contributed by atoms with Gasteiger partial charge in [-0.3, -0.25) is 4.79 Å². The molecule has 3 nitrogen and oxygen atoms in total. The molecule has 100 valence electrons. The van der Waals surface area contributed by atoms with E-state index in [-0.39, 0.29) is 5.91 Å². The van der Waals surface area contributed by atoms with Crippen LogP contribution in [-0.2, 0) is 6.54 Å². The van der Waals surface area contributed by atoms with Crippen molar-refractivity contribution in [3.05, 3.63) is 50.7 Å². The van der Waals surface area contributed by atoms with E-state index in [0.717, 1.165) is 27.3 Å².